The molecule has 1 aromatic heterocycles. The summed E-state index contributed by atoms with van der Waals surface area (Å²) in [6, 6.07) is 13.9. The molecule has 0 unspecified atom stereocenters. The minimum atomic E-state index is -0.505. The van der Waals surface area contributed by atoms with Gasteiger partial charge in [-0.2, -0.15) is 0 Å². The quantitative estimate of drug-likeness (QED) is 0.360. The summed E-state index contributed by atoms with van der Waals surface area (Å²) < 4.78 is 12.6. The van der Waals surface area contributed by atoms with Crippen LogP contribution >= 0.6 is 0 Å². The van der Waals surface area contributed by atoms with Crippen molar-refractivity contribution >= 4 is 17.6 Å². The van der Waals surface area contributed by atoms with E-state index in [1.165, 1.54) is 18.2 Å². The van der Waals surface area contributed by atoms with Crippen LogP contribution in [0.2, 0.25) is 0 Å². The van der Waals surface area contributed by atoms with Gasteiger partial charge in [0.15, 0.2) is 0 Å². The average molecular weight is 545 g/mol. The van der Waals surface area contributed by atoms with Crippen molar-refractivity contribution in [3.05, 3.63) is 71.0 Å². The number of hydrogen-bond donors (Lipinski definition) is 1. The topological polar surface area (TPSA) is 95.3 Å². The van der Waals surface area contributed by atoms with Crippen LogP contribution in [0.4, 0.5) is 5.69 Å². The van der Waals surface area contributed by atoms with Crippen LogP contribution in [0.25, 0.3) is 0 Å². The summed E-state index contributed by atoms with van der Waals surface area (Å²) in [5.74, 6) is 0.928. The predicted molar refractivity (Wildman–Crippen MR) is 153 cm³/mol. The molecule has 0 radical (unpaired) electrons. The number of fused-ring (bicyclic) bond motifs is 3. The third-order valence-electron chi connectivity index (χ3n) is 9.13. The summed E-state index contributed by atoms with van der Waals surface area (Å²) in [5, 5.41) is 11.6. The number of esters is 1. The standard InChI is InChI=1S/C32H40N4O4/c1-21(2)24-12-14-26-25(13-15-27-31(26,3)16-9-17-32(27,4)30(38)39-5)29(24)33-28(37)19-36-18-22(34-35-36)20-40-23-10-7-6-8-11-23/h6-8,10-12,14,18,21,27H,9,13,15-17,19-20H2,1-5H3,(H,33,37)/t27-,31-,32-/m1/s1. The molecule has 212 valence electrons. The number of amides is 1. The Morgan fingerprint density at radius 1 is 1.12 bits per heavy atom. The summed E-state index contributed by atoms with van der Waals surface area (Å²) in [6.07, 6.45) is 6.26. The van der Waals surface area contributed by atoms with E-state index in [9.17, 15) is 9.59 Å². The number of nitrogens with one attached hydrogen (secondary N) is 1. The molecule has 8 nitrogen and oxygen atoms in total. The van der Waals surface area contributed by atoms with Crippen LogP contribution in [0, 0.1) is 11.3 Å². The average Bonchev–Trinajstić information content (AvgIpc) is 3.38. The molecule has 2 aliphatic carbocycles. The van der Waals surface area contributed by atoms with Gasteiger partial charge in [0.1, 0.15) is 24.6 Å². The highest BCUT2D eigenvalue weighted by molar-refractivity contribution is 5.93. The lowest BCUT2D eigenvalue weighted by Crippen LogP contribution is -2.52. The number of ether oxygens (including phenoxy) is 2. The second-order valence-corrected chi connectivity index (χ2v) is 12.0. The number of aromatic nitrogens is 3. The molecule has 1 heterocycles. The zero-order valence-corrected chi connectivity index (χ0v) is 24.2. The van der Waals surface area contributed by atoms with Gasteiger partial charge >= 0.3 is 5.97 Å². The molecule has 3 atom stereocenters. The summed E-state index contributed by atoms with van der Waals surface area (Å²) in [4.78, 5) is 26.3. The molecule has 40 heavy (non-hydrogen) atoms. The Labute approximate surface area is 236 Å². The Hall–Kier alpha value is -3.68. The Morgan fingerprint density at radius 2 is 1.90 bits per heavy atom. The zero-order valence-electron chi connectivity index (χ0n) is 24.2. The van der Waals surface area contributed by atoms with Gasteiger partial charge in [0.2, 0.25) is 5.91 Å². The largest absolute Gasteiger partial charge is 0.487 e. The van der Waals surface area contributed by atoms with E-state index in [2.05, 4.69) is 55.5 Å². The molecule has 1 saturated carbocycles. The highest BCUT2D eigenvalue weighted by atomic mass is 16.5. The summed E-state index contributed by atoms with van der Waals surface area (Å²) in [5.41, 5.74) is 4.47. The van der Waals surface area contributed by atoms with Gasteiger partial charge in [0, 0.05) is 5.69 Å². The van der Waals surface area contributed by atoms with Crippen molar-refractivity contribution in [1.29, 1.82) is 0 Å². The molecular formula is C32H40N4O4. The molecule has 5 rings (SSSR count). The number of carbonyl (C=O) groups excluding carboxylic acids is 2. The molecule has 0 aliphatic heterocycles. The molecule has 8 heteroatoms. The van der Waals surface area contributed by atoms with Gasteiger partial charge in [-0.3, -0.25) is 9.59 Å². The summed E-state index contributed by atoms with van der Waals surface area (Å²) in [7, 11) is 1.49. The van der Waals surface area contributed by atoms with Gasteiger partial charge in [0.05, 0.1) is 18.7 Å². The number of rotatable bonds is 8. The summed E-state index contributed by atoms with van der Waals surface area (Å²) in [6.45, 7) is 9.01. The number of carbonyl (C=O) groups is 2. The highest BCUT2D eigenvalue weighted by Gasteiger charge is 2.56. The van der Waals surface area contributed by atoms with Gasteiger partial charge in [-0.05, 0) is 78.7 Å². The maximum Gasteiger partial charge on any atom is 0.311 e. The third kappa shape index (κ3) is 5.11. The maximum absolute atomic E-state index is 13.3. The van der Waals surface area contributed by atoms with Crippen LogP contribution < -0.4 is 10.1 Å². The molecule has 0 bridgehead atoms. The number of hydrogen-bond acceptors (Lipinski definition) is 6. The third-order valence-corrected chi connectivity index (χ3v) is 9.13. The van der Waals surface area contributed by atoms with Crippen molar-refractivity contribution in [2.45, 2.75) is 84.3 Å². The van der Waals surface area contributed by atoms with Crippen molar-refractivity contribution in [3.8, 4) is 5.75 Å². The van der Waals surface area contributed by atoms with Crippen molar-refractivity contribution in [2.75, 3.05) is 12.4 Å². The second kappa shape index (κ2) is 11.1. The van der Waals surface area contributed by atoms with Crippen molar-refractivity contribution < 1.29 is 19.1 Å². The van der Waals surface area contributed by atoms with Crippen LogP contribution in [-0.2, 0) is 39.3 Å². The van der Waals surface area contributed by atoms with Gasteiger partial charge in [-0.25, -0.2) is 4.68 Å². The number of benzene rings is 2. The van der Waals surface area contributed by atoms with E-state index in [0.29, 0.717) is 5.69 Å². The SMILES string of the molecule is COC(=O)[C@]1(C)CCC[C@]2(C)c3ccc(C(C)C)c(NC(=O)Cn4cc(COc5ccccc5)nn4)c3CC[C@@H]12. The van der Waals surface area contributed by atoms with E-state index in [1.807, 2.05) is 30.3 Å². The molecule has 3 aromatic rings. The normalized spacial score (nSPS) is 23.7. The van der Waals surface area contributed by atoms with Crippen LogP contribution in [-0.4, -0.2) is 34.0 Å². The molecule has 2 aliphatic rings. The highest BCUT2D eigenvalue weighted by Crippen LogP contribution is 2.58. The Kier molecular flexibility index (Phi) is 7.71. The van der Waals surface area contributed by atoms with Gasteiger partial charge in [0.25, 0.3) is 0 Å². The first-order chi connectivity index (χ1) is 19.2. The first-order valence-corrected chi connectivity index (χ1v) is 14.3. The lowest BCUT2D eigenvalue weighted by atomic mass is 9.49. The first-order valence-electron chi connectivity index (χ1n) is 14.3. The van der Waals surface area contributed by atoms with Crippen molar-refractivity contribution in [2.24, 2.45) is 11.3 Å². The van der Waals surface area contributed by atoms with E-state index in [1.54, 1.807) is 10.9 Å². The molecule has 2 aromatic carbocycles. The van der Waals surface area contributed by atoms with Gasteiger partial charge in [-0.1, -0.05) is 62.7 Å². The van der Waals surface area contributed by atoms with E-state index in [0.717, 1.165) is 49.1 Å². The first kappa shape index (κ1) is 27.9. The van der Waals surface area contributed by atoms with Gasteiger partial charge < -0.3 is 14.8 Å². The number of anilines is 1. The van der Waals surface area contributed by atoms with Crippen molar-refractivity contribution in [3.63, 3.8) is 0 Å². The second-order valence-electron chi connectivity index (χ2n) is 12.0. The fourth-order valence-corrected chi connectivity index (χ4v) is 7.17. The van der Waals surface area contributed by atoms with Gasteiger partial charge in [-0.15, -0.1) is 5.10 Å². The number of nitrogens with zero attached hydrogens (tertiary/aromatic N) is 3. The van der Waals surface area contributed by atoms with Crippen molar-refractivity contribution in [1.82, 2.24) is 15.0 Å². The Bertz CT molecular complexity index is 1380. The monoisotopic (exact) mass is 544 g/mol. The lowest BCUT2D eigenvalue weighted by molar-refractivity contribution is -0.161. The lowest BCUT2D eigenvalue weighted by Gasteiger charge is -2.54. The molecular weight excluding hydrogens is 504 g/mol. The fourth-order valence-electron chi connectivity index (χ4n) is 7.17. The minimum absolute atomic E-state index is 0.0554. The number of methoxy groups -OCH3 is 1. The van der Waals surface area contributed by atoms with Crippen LogP contribution in [0.5, 0.6) is 5.75 Å². The van der Waals surface area contributed by atoms with Crippen LogP contribution in [0.3, 0.4) is 0 Å². The molecule has 1 amide bonds. The Balaban J connectivity index is 1.37. The van der Waals surface area contributed by atoms with E-state index in [-0.39, 0.29) is 42.3 Å². The smallest absolute Gasteiger partial charge is 0.311 e. The van der Waals surface area contributed by atoms with E-state index in [4.69, 9.17) is 9.47 Å². The predicted octanol–water partition coefficient (Wildman–Crippen LogP) is 5.80. The number of para-hydroxylation sites is 1. The Morgan fingerprint density at radius 3 is 2.62 bits per heavy atom. The molecule has 1 fully saturated rings. The molecule has 1 N–H and O–H groups in total. The molecule has 0 saturated heterocycles. The van der Waals surface area contributed by atoms with E-state index < -0.39 is 5.41 Å². The van der Waals surface area contributed by atoms with Crippen LogP contribution in [0.1, 0.15) is 81.7 Å². The minimum Gasteiger partial charge on any atom is -0.487 e. The zero-order chi connectivity index (χ0) is 28.5. The fraction of sp³-hybridized carbons (Fsp3) is 0.500. The summed E-state index contributed by atoms with van der Waals surface area (Å²) >= 11 is 0. The molecule has 0 spiro atoms. The van der Waals surface area contributed by atoms with Crippen LogP contribution in [0.15, 0.2) is 48.7 Å². The maximum atomic E-state index is 13.3. The van der Waals surface area contributed by atoms with E-state index >= 15 is 0 Å².